The molecule has 1 N–H and O–H groups in total. The van der Waals surface area contributed by atoms with Gasteiger partial charge in [-0.25, -0.2) is 9.37 Å². The Kier molecular flexibility index (Phi) is 5.70. The van der Waals surface area contributed by atoms with Gasteiger partial charge in [-0.1, -0.05) is 30.0 Å². The molecule has 0 unspecified atom stereocenters. The molecule has 11 heteroatoms. The molecule has 0 spiro atoms. The molecule has 2 aromatic heterocycles. The van der Waals surface area contributed by atoms with Gasteiger partial charge >= 0.3 is 0 Å². The molecule has 150 valence electrons. The van der Waals surface area contributed by atoms with Crippen molar-refractivity contribution in [1.82, 2.24) is 19.7 Å². The second kappa shape index (κ2) is 8.25. The molecule has 0 aliphatic carbocycles. The van der Waals surface area contributed by atoms with Gasteiger partial charge < -0.3 is 0 Å². The third-order valence-corrected chi connectivity index (χ3v) is 6.98. The van der Waals surface area contributed by atoms with Gasteiger partial charge in [-0.05, 0) is 31.2 Å². The number of nitrogens with zero attached hydrogens (tertiary/aromatic N) is 4. The number of amides is 1. The predicted molar refractivity (Wildman–Crippen MR) is 113 cm³/mol. The fourth-order valence-electron chi connectivity index (χ4n) is 2.85. The van der Waals surface area contributed by atoms with E-state index in [2.05, 4.69) is 20.5 Å². The van der Waals surface area contributed by atoms with Crippen LogP contribution in [-0.2, 0) is 11.2 Å². The van der Waals surface area contributed by atoms with Crippen molar-refractivity contribution in [2.24, 2.45) is 0 Å². The first-order valence-electron chi connectivity index (χ1n) is 8.72. The minimum Gasteiger partial charge on any atom is -0.300 e. The first-order chi connectivity index (χ1) is 13.9. The second-order valence-corrected chi connectivity index (χ2v) is 9.96. The van der Waals surface area contributed by atoms with Crippen molar-refractivity contribution in [3.63, 3.8) is 0 Å². The highest BCUT2D eigenvalue weighted by atomic mass is 32.2. The lowest BCUT2D eigenvalue weighted by Gasteiger charge is -2.13. The molecule has 0 radical (unpaired) electrons. The van der Waals surface area contributed by atoms with Gasteiger partial charge in [0.2, 0.25) is 11.0 Å². The van der Waals surface area contributed by atoms with Crippen molar-refractivity contribution < 1.29 is 9.18 Å². The van der Waals surface area contributed by atoms with Gasteiger partial charge in [0.25, 0.3) is 5.56 Å². The van der Waals surface area contributed by atoms with Crippen molar-refractivity contribution >= 4 is 45.9 Å². The average Bonchev–Trinajstić information content (AvgIpc) is 3.26. The van der Waals surface area contributed by atoms with E-state index in [4.69, 9.17) is 0 Å². The van der Waals surface area contributed by atoms with Crippen LogP contribution in [0.1, 0.15) is 17.6 Å². The summed E-state index contributed by atoms with van der Waals surface area (Å²) < 4.78 is 14.8. The van der Waals surface area contributed by atoms with Crippen LogP contribution in [-0.4, -0.2) is 36.7 Å². The van der Waals surface area contributed by atoms with Crippen molar-refractivity contribution in [2.75, 3.05) is 11.1 Å². The summed E-state index contributed by atoms with van der Waals surface area (Å²) in [5, 5.41) is 12.3. The minimum atomic E-state index is -0.389. The molecule has 3 aromatic rings. The standard InChI is InChI=1S/C18H16FN5O2S3/c1-9-7-13-15(28-9)16(26)24(12-5-3-11(19)4-6-12)18(20-13)27-8-14(25)21-17-23-22-10(2)29-17/h3-6,9H,7-8H2,1-2H3,(H,21,23,25)/t9-/m1/s1. The molecule has 0 fully saturated rings. The summed E-state index contributed by atoms with van der Waals surface area (Å²) in [6.45, 7) is 3.84. The number of hydrogen-bond acceptors (Lipinski definition) is 8. The Morgan fingerprint density at radius 1 is 1.34 bits per heavy atom. The van der Waals surface area contributed by atoms with E-state index in [0.717, 1.165) is 22.5 Å². The quantitative estimate of drug-likeness (QED) is 0.472. The van der Waals surface area contributed by atoms with Gasteiger partial charge in [-0.15, -0.1) is 22.0 Å². The Hall–Kier alpha value is -2.24. The number of nitrogens with one attached hydrogen (secondary N) is 1. The smallest absolute Gasteiger partial charge is 0.272 e. The maximum atomic E-state index is 13.4. The van der Waals surface area contributed by atoms with Crippen molar-refractivity contribution in [3.05, 3.63) is 51.1 Å². The zero-order chi connectivity index (χ0) is 20.5. The van der Waals surface area contributed by atoms with E-state index >= 15 is 0 Å². The summed E-state index contributed by atoms with van der Waals surface area (Å²) in [6, 6.07) is 5.65. The van der Waals surface area contributed by atoms with Crippen LogP contribution in [0.4, 0.5) is 9.52 Å². The number of benzene rings is 1. The zero-order valence-electron chi connectivity index (χ0n) is 15.5. The first-order valence-corrected chi connectivity index (χ1v) is 11.4. The van der Waals surface area contributed by atoms with Crippen LogP contribution in [0.2, 0.25) is 0 Å². The number of rotatable bonds is 5. The highest BCUT2D eigenvalue weighted by Gasteiger charge is 2.27. The Morgan fingerprint density at radius 2 is 2.10 bits per heavy atom. The van der Waals surface area contributed by atoms with E-state index in [1.54, 1.807) is 6.92 Å². The summed E-state index contributed by atoms with van der Waals surface area (Å²) in [5.74, 6) is -0.609. The number of fused-ring (bicyclic) bond motifs is 1. The first kappa shape index (κ1) is 20.0. The summed E-state index contributed by atoms with van der Waals surface area (Å²) in [5.41, 5.74) is 1.06. The number of anilines is 1. The van der Waals surface area contributed by atoms with Crippen molar-refractivity contribution in [2.45, 2.75) is 35.6 Å². The SMILES string of the molecule is Cc1nnc(NC(=O)CSc2nc3c(c(=O)n2-c2ccc(F)cc2)S[C@H](C)C3)s1. The maximum absolute atomic E-state index is 13.4. The number of aryl methyl sites for hydroxylation is 1. The molecule has 7 nitrogen and oxygen atoms in total. The van der Waals surface area contributed by atoms with Gasteiger partial charge in [-0.2, -0.15) is 0 Å². The van der Waals surface area contributed by atoms with Crippen LogP contribution >= 0.6 is 34.9 Å². The lowest BCUT2D eigenvalue weighted by molar-refractivity contribution is -0.113. The number of carbonyl (C=O) groups is 1. The van der Waals surface area contributed by atoms with Crippen molar-refractivity contribution in [3.8, 4) is 5.69 Å². The van der Waals surface area contributed by atoms with Gasteiger partial charge in [0, 0.05) is 11.7 Å². The minimum absolute atomic E-state index is 0.0494. The van der Waals surface area contributed by atoms with Gasteiger partial charge in [0.1, 0.15) is 10.8 Å². The highest BCUT2D eigenvalue weighted by Crippen LogP contribution is 2.34. The molecule has 1 amide bonds. The Balaban J connectivity index is 1.64. The summed E-state index contributed by atoms with van der Waals surface area (Å²) in [6.07, 6.45) is 0.698. The monoisotopic (exact) mass is 449 g/mol. The van der Waals surface area contributed by atoms with Gasteiger partial charge in [0.15, 0.2) is 5.16 Å². The van der Waals surface area contributed by atoms with Crippen LogP contribution in [0.15, 0.2) is 39.1 Å². The lowest BCUT2D eigenvalue weighted by atomic mass is 10.2. The number of aromatic nitrogens is 4. The molecule has 0 bridgehead atoms. The van der Waals surface area contributed by atoms with E-state index in [1.165, 1.54) is 51.9 Å². The molecule has 29 heavy (non-hydrogen) atoms. The molecule has 1 aliphatic rings. The molecule has 3 heterocycles. The molecule has 1 atom stereocenters. The number of halogens is 1. The Morgan fingerprint density at radius 3 is 2.79 bits per heavy atom. The van der Waals surface area contributed by atoms with Crippen molar-refractivity contribution in [1.29, 1.82) is 0 Å². The molecular weight excluding hydrogens is 433 g/mol. The molecule has 4 rings (SSSR count). The molecule has 1 aliphatic heterocycles. The summed E-state index contributed by atoms with van der Waals surface area (Å²) in [4.78, 5) is 30.7. The molecular formula is C18H16FN5O2S3. The zero-order valence-corrected chi connectivity index (χ0v) is 18.0. The number of carbonyl (C=O) groups excluding carboxylic acids is 1. The topological polar surface area (TPSA) is 89.8 Å². The molecule has 1 aromatic carbocycles. The second-order valence-electron chi connectivity index (χ2n) is 6.38. The number of thioether (sulfide) groups is 2. The third kappa shape index (κ3) is 4.36. The van der Waals surface area contributed by atoms with Crippen LogP contribution in [0.25, 0.3) is 5.69 Å². The third-order valence-electron chi connectivity index (χ3n) is 4.07. The Bertz CT molecular complexity index is 1130. The van der Waals surface area contributed by atoms with E-state index in [-0.39, 0.29) is 28.3 Å². The Labute approximate surface area is 178 Å². The fourth-order valence-corrected chi connectivity index (χ4v) is 5.38. The normalized spacial score (nSPS) is 15.3. The van der Waals surface area contributed by atoms with E-state index in [1.807, 2.05) is 6.92 Å². The van der Waals surface area contributed by atoms with Crippen LogP contribution in [0.3, 0.4) is 0 Å². The van der Waals surface area contributed by atoms with Gasteiger partial charge in [0.05, 0.1) is 22.0 Å². The predicted octanol–water partition coefficient (Wildman–Crippen LogP) is 3.30. The van der Waals surface area contributed by atoms with Crippen LogP contribution < -0.4 is 10.9 Å². The lowest BCUT2D eigenvalue weighted by Crippen LogP contribution is -2.24. The fraction of sp³-hybridized carbons (Fsp3) is 0.278. The van der Waals surface area contributed by atoms with Crippen LogP contribution in [0, 0.1) is 12.7 Å². The highest BCUT2D eigenvalue weighted by molar-refractivity contribution is 8.00. The number of hydrogen-bond donors (Lipinski definition) is 1. The molecule has 0 saturated heterocycles. The summed E-state index contributed by atoms with van der Waals surface area (Å²) in [7, 11) is 0. The van der Waals surface area contributed by atoms with E-state index in [0.29, 0.717) is 27.3 Å². The average molecular weight is 450 g/mol. The maximum Gasteiger partial charge on any atom is 0.272 e. The van der Waals surface area contributed by atoms with Gasteiger partial charge in [-0.3, -0.25) is 19.5 Å². The van der Waals surface area contributed by atoms with Crippen LogP contribution in [0.5, 0.6) is 0 Å². The summed E-state index contributed by atoms with van der Waals surface area (Å²) >= 11 is 3.93. The largest absolute Gasteiger partial charge is 0.300 e. The molecule has 0 saturated carbocycles. The van der Waals surface area contributed by atoms with E-state index < -0.39 is 0 Å². The van der Waals surface area contributed by atoms with E-state index in [9.17, 15) is 14.0 Å².